The largest absolute Gasteiger partial charge is 0.478 e. The van der Waals surface area contributed by atoms with Crippen LogP contribution in [0.15, 0.2) is 36.4 Å². The minimum absolute atomic E-state index is 0.0823. The summed E-state index contributed by atoms with van der Waals surface area (Å²) in [5.41, 5.74) is 1.63. The van der Waals surface area contributed by atoms with E-state index in [9.17, 15) is 22.8 Å². The van der Waals surface area contributed by atoms with E-state index in [4.69, 9.17) is 9.84 Å². The summed E-state index contributed by atoms with van der Waals surface area (Å²) in [5, 5.41) is 9.09. The number of anilines is 1. The summed E-state index contributed by atoms with van der Waals surface area (Å²) in [6.07, 6.45) is -2.54. The van der Waals surface area contributed by atoms with Crippen molar-refractivity contribution in [1.82, 2.24) is 4.90 Å². The highest BCUT2D eigenvalue weighted by atomic mass is 19.4. The van der Waals surface area contributed by atoms with Gasteiger partial charge in [-0.25, -0.2) is 4.79 Å². The average molecular weight is 489 g/mol. The fourth-order valence-corrected chi connectivity index (χ4v) is 5.26. The number of carboxylic acids is 1. The van der Waals surface area contributed by atoms with Crippen molar-refractivity contribution in [2.75, 3.05) is 31.3 Å². The van der Waals surface area contributed by atoms with Gasteiger partial charge in [-0.1, -0.05) is 6.07 Å². The van der Waals surface area contributed by atoms with E-state index >= 15 is 0 Å². The molecule has 1 N–H and O–H groups in total. The molecule has 2 aromatic rings. The maximum atomic E-state index is 13.5. The monoisotopic (exact) mass is 488 g/mol. The van der Waals surface area contributed by atoms with Crippen molar-refractivity contribution in [2.24, 2.45) is 0 Å². The van der Waals surface area contributed by atoms with Crippen molar-refractivity contribution in [2.45, 2.75) is 50.4 Å². The smallest absolute Gasteiger partial charge is 0.416 e. The van der Waals surface area contributed by atoms with E-state index in [0.29, 0.717) is 44.9 Å². The van der Waals surface area contributed by atoms with Gasteiger partial charge < -0.3 is 14.7 Å². The summed E-state index contributed by atoms with van der Waals surface area (Å²) in [4.78, 5) is 27.1. The van der Waals surface area contributed by atoms with Crippen LogP contribution < -0.4 is 4.90 Å². The quantitative estimate of drug-likeness (QED) is 0.664. The Bertz CT molecular complexity index is 1150. The molecular formula is C26H27F3N2O4. The van der Waals surface area contributed by atoms with Gasteiger partial charge in [0.05, 0.1) is 16.7 Å². The number of halogens is 3. The molecule has 3 fully saturated rings. The molecular weight excluding hydrogens is 461 g/mol. The first kappa shape index (κ1) is 23.8. The number of carbonyl (C=O) groups excluding carboxylic acids is 1. The number of ether oxygens (including phenoxy) is 1. The first-order valence-corrected chi connectivity index (χ1v) is 11.7. The molecule has 2 aliphatic heterocycles. The van der Waals surface area contributed by atoms with Crippen LogP contribution in [0.4, 0.5) is 18.9 Å². The Morgan fingerprint density at radius 1 is 1.17 bits per heavy atom. The van der Waals surface area contributed by atoms with Crippen molar-refractivity contribution in [3.8, 4) is 0 Å². The van der Waals surface area contributed by atoms with E-state index in [1.807, 2.05) is 0 Å². The fraction of sp³-hybridized carbons (Fsp3) is 0.462. The summed E-state index contributed by atoms with van der Waals surface area (Å²) in [5.74, 6) is -1.16. The van der Waals surface area contributed by atoms with Crippen LogP contribution in [0, 0.1) is 6.92 Å². The van der Waals surface area contributed by atoms with E-state index in [-0.39, 0.29) is 28.4 Å². The summed E-state index contributed by atoms with van der Waals surface area (Å²) < 4.78 is 46.8. The van der Waals surface area contributed by atoms with Crippen molar-refractivity contribution in [3.63, 3.8) is 0 Å². The second kappa shape index (κ2) is 8.64. The third-order valence-corrected chi connectivity index (χ3v) is 7.45. The number of carboxylic acid groups (broad SMARTS) is 1. The van der Waals surface area contributed by atoms with Gasteiger partial charge in [0.25, 0.3) is 0 Å². The number of benzene rings is 2. The molecule has 6 nitrogen and oxygen atoms in total. The second-order valence-electron chi connectivity index (χ2n) is 9.87. The zero-order chi connectivity index (χ0) is 25.0. The number of hydrogen-bond acceptors (Lipinski definition) is 5. The number of ketones is 1. The number of rotatable bonds is 5. The zero-order valence-electron chi connectivity index (χ0n) is 19.4. The predicted octanol–water partition coefficient (Wildman–Crippen LogP) is 4.60. The van der Waals surface area contributed by atoms with Gasteiger partial charge in [-0.05, 0) is 66.8 Å². The number of aromatic carboxylic acids is 1. The van der Waals surface area contributed by atoms with E-state index in [1.165, 1.54) is 13.0 Å². The number of aryl methyl sites for hydroxylation is 1. The normalized spacial score (nSPS) is 22.1. The number of alkyl halides is 3. The van der Waals surface area contributed by atoms with Crippen LogP contribution >= 0.6 is 0 Å². The summed E-state index contributed by atoms with van der Waals surface area (Å²) in [7, 11) is 0. The molecule has 0 amide bonds. The van der Waals surface area contributed by atoms with Gasteiger partial charge in [0.1, 0.15) is 12.5 Å². The lowest BCUT2D eigenvalue weighted by molar-refractivity contribution is -0.138. The van der Waals surface area contributed by atoms with E-state index in [0.717, 1.165) is 24.1 Å². The molecule has 1 unspecified atom stereocenters. The SMILES string of the molecule is Cc1cc(C2CC2=O)c(CN2CCC3(CC2)CN(c2ccc(C(=O)O)cc2)CO3)cc1C(F)(F)F. The van der Waals surface area contributed by atoms with Gasteiger partial charge >= 0.3 is 12.1 Å². The third kappa shape index (κ3) is 4.79. The van der Waals surface area contributed by atoms with Crippen LogP contribution in [0.3, 0.4) is 0 Å². The molecule has 0 bridgehead atoms. The summed E-state index contributed by atoms with van der Waals surface area (Å²) >= 11 is 0. The minimum Gasteiger partial charge on any atom is -0.478 e. The molecule has 2 saturated heterocycles. The molecule has 0 radical (unpaired) electrons. The summed E-state index contributed by atoms with van der Waals surface area (Å²) in [6, 6.07) is 9.48. The van der Waals surface area contributed by atoms with Crippen molar-refractivity contribution in [1.29, 1.82) is 0 Å². The van der Waals surface area contributed by atoms with Crippen LogP contribution in [-0.2, 0) is 22.3 Å². The van der Waals surface area contributed by atoms with Gasteiger partial charge in [-0.15, -0.1) is 0 Å². The predicted molar refractivity (Wildman–Crippen MR) is 122 cm³/mol. The highest BCUT2D eigenvalue weighted by molar-refractivity contribution is 6.01. The molecule has 5 rings (SSSR count). The van der Waals surface area contributed by atoms with E-state index in [1.54, 1.807) is 30.3 Å². The molecule has 9 heteroatoms. The Balaban J connectivity index is 1.26. The molecule has 1 atom stereocenters. The van der Waals surface area contributed by atoms with Crippen molar-refractivity contribution in [3.05, 3.63) is 64.2 Å². The standard InChI is InChI=1S/C26H27F3N2O4/c1-16-10-20(21-12-23(21)32)18(11-22(16)26(27,28)29)13-30-8-6-25(7-9-30)14-31(15-35-25)19-4-2-17(3-5-19)24(33)34/h2-5,10-11,21H,6-9,12-15H2,1H3,(H,33,34). The van der Waals surface area contributed by atoms with Gasteiger partial charge in [0.2, 0.25) is 0 Å². The van der Waals surface area contributed by atoms with E-state index < -0.39 is 17.7 Å². The molecule has 35 heavy (non-hydrogen) atoms. The maximum absolute atomic E-state index is 13.5. The van der Waals surface area contributed by atoms with Crippen LogP contribution in [0.2, 0.25) is 0 Å². The van der Waals surface area contributed by atoms with Gasteiger partial charge in [0, 0.05) is 44.2 Å². The number of Topliss-reactive ketones (excluding diaryl/α,β-unsaturated/α-hetero) is 1. The lowest BCUT2D eigenvalue weighted by Crippen LogP contribution is -2.46. The highest BCUT2D eigenvalue weighted by Crippen LogP contribution is 2.42. The molecule has 2 aromatic carbocycles. The van der Waals surface area contributed by atoms with Gasteiger partial charge in [-0.3, -0.25) is 9.69 Å². The average Bonchev–Trinajstić information content (AvgIpc) is 3.40. The number of likely N-dealkylation sites (tertiary alicyclic amines) is 1. The Hall–Kier alpha value is -2.91. The lowest BCUT2D eigenvalue weighted by atomic mass is 9.90. The zero-order valence-corrected chi connectivity index (χ0v) is 19.4. The van der Waals surface area contributed by atoms with Crippen LogP contribution in [0.1, 0.15) is 57.8 Å². The van der Waals surface area contributed by atoms with Gasteiger partial charge in [0.15, 0.2) is 0 Å². The highest BCUT2D eigenvalue weighted by Gasteiger charge is 2.43. The number of carbonyl (C=O) groups is 2. The molecule has 186 valence electrons. The molecule has 2 heterocycles. The topological polar surface area (TPSA) is 70.1 Å². The Labute approximate surface area is 201 Å². The molecule has 1 spiro atoms. The Morgan fingerprint density at radius 2 is 1.83 bits per heavy atom. The van der Waals surface area contributed by atoms with Crippen molar-refractivity contribution >= 4 is 17.4 Å². The number of nitrogens with zero attached hydrogens (tertiary/aromatic N) is 2. The number of hydrogen-bond donors (Lipinski definition) is 1. The van der Waals surface area contributed by atoms with Crippen LogP contribution in [0.5, 0.6) is 0 Å². The molecule has 3 aliphatic rings. The lowest BCUT2D eigenvalue weighted by Gasteiger charge is -2.38. The summed E-state index contributed by atoms with van der Waals surface area (Å²) in [6.45, 7) is 4.27. The van der Waals surface area contributed by atoms with Crippen LogP contribution in [-0.4, -0.2) is 53.7 Å². The Morgan fingerprint density at radius 3 is 2.40 bits per heavy atom. The fourth-order valence-electron chi connectivity index (χ4n) is 5.26. The second-order valence-corrected chi connectivity index (χ2v) is 9.87. The van der Waals surface area contributed by atoms with Gasteiger partial charge in [-0.2, -0.15) is 13.2 Å². The molecule has 0 aromatic heterocycles. The minimum atomic E-state index is -4.43. The third-order valence-electron chi connectivity index (χ3n) is 7.45. The van der Waals surface area contributed by atoms with E-state index in [2.05, 4.69) is 9.80 Å². The van der Waals surface area contributed by atoms with Crippen LogP contribution in [0.25, 0.3) is 0 Å². The Kier molecular flexibility index (Phi) is 5.88. The first-order valence-electron chi connectivity index (χ1n) is 11.7. The molecule has 1 saturated carbocycles. The first-order chi connectivity index (χ1) is 16.5. The maximum Gasteiger partial charge on any atom is 0.416 e. The molecule has 1 aliphatic carbocycles. The van der Waals surface area contributed by atoms with Crippen molar-refractivity contribution < 1.29 is 32.6 Å². The number of piperidine rings is 1.